The quantitative estimate of drug-likeness (QED) is 0.616. The molecule has 2 heterocycles. The standard InChI is InChI=1S/C17H19N5O4/c1-4-13(17(24)26-5-2)21-10-18-15-14(16(21)23)19-20-22(15)11-6-8-12(25-3)9-7-11/h6-10,13H,4-5H2,1-3H3/t13-/m1/s1. The van der Waals surface area contributed by atoms with Crippen LogP contribution in [0.2, 0.25) is 0 Å². The van der Waals surface area contributed by atoms with E-state index in [0.29, 0.717) is 23.5 Å². The SMILES string of the molecule is CCOC(=O)[C@@H](CC)n1cnc2c(nnn2-c2ccc(OC)cc2)c1=O. The van der Waals surface area contributed by atoms with Crippen LogP contribution in [-0.2, 0) is 9.53 Å². The number of aromatic nitrogens is 5. The van der Waals surface area contributed by atoms with E-state index in [-0.39, 0.29) is 12.1 Å². The van der Waals surface area contributed by atoms with E-state index in [0.717, 1.165) is 0 Å². The van der Waals surface area contributed by atoms with Crippen molar-refractivity contribution in [1.29, 1.82) is 0 Å². The number of ether oxygens (including phenoxy) is 2. The maximum Gasteiger partial charge on any atom is 0.329 e. The lowest BCUT2D eigenvalue weighted by Crippen LogP contribution is -2.31. The van der Waals surface area contributed by atoms with Gasteiger partial charge in [0.15, 0.2) is 11.2 Å². The Labute approximate surface area is 149 Å². The molecule has 0 aliphatic carbocycles. The number of carbonyl (C=O) groups is 1. The summed E-state index contributed by atoms with van der Waals surface area (Å²) in [5.41, 5.74) is 0.659. The zero-order valence-electron chi connectivity index (χ0n) is 14.7. The molecule has 9 heteroatoms. The molecule has 0 spiro atoms. The fourth-order valence-electron chi connectivity index (χ4n) is 2.66. The molecule has 1 aromatic carbocycles. The van der Waals surface area contributed by atoms with E-state index in [1.54, 1.807) is 45.2 Å². The monoisotopic (exact) mass is 357 g/mol. The molecule has 0 bridgehead atoms. The minimum Gasteiger partial charge on any atom is -0.497 e. The first-order valence-electron chi connectivity index (χ1n) is 8.24. The van der Waals surface area contributed by atoms with Crippen LogP contribution in [0.3, 0.4) is 0 Å². The largest absolute Gasteiger partial charge is 0.497 e. The summed E-state index contributed by atoms with van der Waals surface area (Å²) < 4.78 is 12.9. The van der Waals surface area contributed by atoms with Crippen molar-refractivity contribution in [1.82, 2.24) is 24.5 Å². The number of methoxy groups -OCH3 is 1. The zero-order valence-corrected chi connectivity index (χ0v) is 14.7. The van der Waals surface area contributed by atoms with E-state index in [2.05, 4.69) is 15.3 Å². The van der Waals surface area contributed by atoms with Crippen molar-refractivity contribution < 1.29 is 14.3 Å². The van der Waals surface area contributed by atoms with E-state index >= 15 is 0 Å². The van der Waals surface area contributed by atoms with E-state index < -0.39 is 17.6 Å². The van der Waals surface area contributed by atoms with Gasteiger partial charge in [0.1, 0.15) is 18.1 Å². The van der Waals surface area contributed by atoms with Crippen molar-refractivity contribution in [2.24, 2.45) is 0 Å². The minimum atomic E-state index is -0.745. The van der Waals surface area contributed by atoms with Gasteiger partial charge in [-0.2, -0.15) is 4.68 Å². The predicted molar refractivity (Wildman–Crippen MR) is 93.4 cm³/mol. The molecule has 0 unspecified atom stereocenters. The summed E-state index contributed by atoms with van der Waals surface area (Å²) in [7, 11) is 1.58. The summed E-state index contributed by atoms with van der Waals surface area (Å²) in [6.07, 6.45) is 1.73. The minimum absolute atomic E-state index is 0.0890. The van der Waals surface area contributed by atoms with Gasteiger partial charge >= 0.3 is 5.97 Å². The number of hydrogen-bond acceptors (Lipinski definition) is 7. The molecule has 0 aliphatic rings. The van der Waals surface area contributed by atoms with Crippen LogP contribution in [0.1, 0.15) is 26.3 Å². The average molecular weight is 357 g/mol. The highest BCUT2D eigenvalue weighted by atomic mass is 16.5. The summed E-state index contributed by atoms with van der Waals surface area (Å²) in [5, 5.41) is 7.98. The molecular weight excluding hydrogens is 338 g/mol. The number of esters is 1. The fourth-order valence-corrected chi connectivity index (χ4v) is 2.66. The Bertz CT molecular complexity index is 977. The van der Waals surface area contributed by atoms with Crippen LogP contribution in [0.5, 0.6) is 5.75 Å². The normalized spacial score (nSPS) is 12.1. The Morgan fingerprint density at radius 2 is 1.96 bits per heavy atom. The first kappa shape index (κ1) is 17.6. The number of nitrogens with zero attached hydrogens (tertiary/aromatic N) is 5. The Balaban J connectivity index is 2.06. The lowest BCUT2D eigenvalue weighted by molar-refractivity contribution is -0.147. The van der Waals surface area contributed by atoms with E-state index in [1.807, 2.05) is 0 Å². The Morgan fingerprint density at radius 3 is 2.58 bits per heavy atom. The lowest BCUT2D eigenvalue weighted by atomic mass is 10.2. The van der Waals surface area contributed by atoms with Crippen LogP contribution < -0.4 is 10.3 Å². The summed E-state index contributed by atoms with van der Waals surface area (Å²) in [6, 6.07) is 6.38. The molecule has 0 aliphatic heterocycles. The molecule has 26 heavy (non-hydrogen) atoms. The molecule has 136 valence electrons. The van der Waals surface area contributed by atoms with Gasteiger partial charge in [0.25, 0.3) is 5.56 Å². The summed E-state index contributed by atoms with van der Waals surface area (Å²) in [6.45, 7) is 3.76. The van der Waals surface area contributed by atoms with Crippen molar-refractivity contribution >= 4 is 17.1 Å². The molecule has 9 nitrogen and oxygen atoms in total. The molecule has 0 saturated heterocycles. The first-order chi connectivity index (χ1) is 12.6. The average Bonchev–Trinajstić information content (AvgIpc) is 3.09. The number of hydrogen-bond donors (Lipinski definition) is 0. The van der Waals surface area contributed by atoms with Crippen LogP contribution >= 0.6 is 0 Å². The third kappa shape index (κ3) is 3.03. The fraction of sp³-hybridized carbons (Fsp3) is 0.353. The van der Waals surface area contributed by atoms with Crippen LogP contribution in [0.4, 0.5) is 0 Å². The zero-order chi connectivity index (χ0) is 18.7. The molecule has 0 saturated carbocycles. The third-order valence-electron chi connectivity index (χ3n) is 3.99. The maximum atomic E-state index is 12.8. The second-order valence-corrected chi connectivity index (χ2v) is 5.50. The van der Waals surface area contributed by atoms with Gasteiger partial charge < -0.3 is 9.47 Å². The maximum absolute atomic E-state index is 12.8. The highest BCUT2D eigenvalue weighted by Crippen LogP contribution is 2.17. The Hall–Kier alpha value is -3.23. The number of benzene rings is 1. The topological polar surface area (TPSA) is 101 Å². The molecule has 0 fully saturated rings. The predicted octanol–water partition coefficient (Wildman–Crippen LogP) is 1.50. The van der Waals surface area contributed by atoms with Crippen molar-refractivity contribution in [2.75, 3.05) is 13.7 Å². The van der Waals surface area contributed by atoms with Gasteiger partial charge in [0.2, 0.25) is 0 Å². The molecular formula is C17H19N5O4. The van der Waals surface area contributed by atoms with Gasteiger partial charge in [-0.25, -0.2) is 9.78 Å². The smallest absolute Gasteiger partial charge is 0.329 e. The van der Waals surface area contributed by atoms with Gasteiger partial charge in [-0.1, -0.05) is 12.1 Å². The molecule has 3 rings (SSSR count). The molecule has 0 amide bonds. The van der Waals surface area contributed by atoms with Crippen molar-refractivity contribution in [2.45, 2.75) is 26.3 Å². The van der Waals surface area contributed by atoms with Gasteiger partial charge in [-0.3, -0.25) is 9.36 Å². The van der Waals surface area contributed by atoms with Crippen molar-refractivity contribution in [3.63, 3.8) is 0 Å². The van der Waals surface area contributed by atoms with Gasteiger partial charge in [0, 0.05) is 0 Å². The highest BCUT2D eigenvalue weighted by Gasteiger charge is 2.23. The van der Waals surface area contributed by atoms with Crippen molar-refractivity contribution in [3.8, 4) is 11.4 Å². The number of rotatable bonds is 6. The van der Waals surface area contributed by atoms with Crippen LogP contribution in [0.15, 0.2) is 35.4 Å². The van der Waals surface area contributed by atoms with Crippen LogP contribution in [0.25, 0.3) is 16.9 Å². The van der Waals surface area contributed by atoms with Gasteiger partial charge in [0.05, 0.1) is 19.4 Å². The van der Waals surface area contributed by atoms with Gasteiger partial charge in [-0.05, 0) is 37.6 Å². The lowest BCUT2D eigenvalue weighted by Gasteiger charge is -2.15. The summed E-state index contributed by atoms with van der Waals surface area (Å²) in [5.74, 6) is 0.231. The molecule has 3 aromatic rings. The van der Waals surface area contributed by atoms with E-state index in [9.17, 15) is 9.59 Å². The number of fused-ring (bicyclic) bond motifs is 1. The second kappa shape index (κ2) is 7.34. The second-order valence-electron chi connectivity index (χ2n) is 5.50. The van der Waals surface area contributed by atoms with E-state index in [1.165, 1.54) is 15.6 Å². The molecule has 0 radical (unpaired) electrons. The van der Waals surface area contributed by atoms with Crippen molar-refractivity contribution in [3.05, 3.63) is 40.9 Å². The Morgan fingerprint density at radius 1 is 1.23 bits per heavy atom. The van der Waals surface area contributed by atoms with E-state index in [4.69, 9.17) is 9.47 Å². The number of carbonyl (C=O) groups excluding carboxylic acids is 1. The van der Waals surface area contributed by atoms with Crippen LogP contribution in [0, 0.1) is 0 Å². The highest BCUT2D eigenvalue weighted by molar-refractivity contribution is 5.75. The Kier molecular flexibility index (Phi) is 4.97. The summed E-state index contributed by atoms with van der Waals surface area (Å²) in [4.78, 5) is 29.1. The summed E-state index contributed by atoms with van der Waals surface area (Å²) >= 11 is 0. The third-order valence-corrected chi connectivity index (χ3v) is 3.99. The molecule has 2 aromatic heterocycles. The van der Waals surface area contributed by atoms with Gasteiger partial charge in [-0.15, -0.1) is 5.10 Å². The molecule has 0 N–H and O–H groups in total. The first-order valence-corrected chi connectivity index (χ1v) is 8.24. The molecule has 1 atom stereocenters. The van der Waals surface area contributed by atoms with Crippen LogP contribution in [-0.4, -0.2) is 44.2 Å².